The van der Waals surface area contributed by atoms with E-state index in [4.69, 9.17) is 17.0 Å². The van der Waals surface area contributed by atoms with E-state index in [1.807, 2.05) is 30.0 Å². The van der Waals surface area contributed by atoms with Crippen molar-refractivity contribution in [2.45, 2.75) is 39.7 Å². The van der Waals surface area contributed by atoms with Gasteiger partial charge in [0, 0.05) is 17.0 Å². The number of fused-ring (bicyclic) bond motifs is 3. The van der Waals surface area contributed by atoms with Gasteiger partial charge in [0.15, 0.2) is 0 Å². The summed E-state index contributed by atoms with van der Waals surface area (Å²) in [6.45, 7) is 8.26. The van der Waals surface area contributed by atoms with Gasteiger partial charge in [0.25, 0.3) is 0 Å². The summed E-state index contributed by atoms with van der Waals surface area (Å²) in [5.74, 6) is 0.914. The smallest absolute Gasteiger partial charge is 0.230 e. The third-order valence-electron chi connectivity index (χ3n) is 4.71. The summed E-state index contributed by atoms with van der Waals surface area (Å²) in [4.78, 5) is 16.3. The van der Waals surface area contributed by atoms with Crippen molar-refractivity contribution in [2.24, 2.45) is 5.92 Å². The molecule has 2 heterocycles. The summed E-state index contributed by atoms with van der Waals surface area (Å²) in [5.41, 5.74) is 2.61. The second-order valence-corrected chi connectivity index (χ2v) is 9.40. The fraction of sp³-hybridized carbons (Fsp3) is 0.444. The van der Waals surface area contributed by atoms with E-state index >= 15 is 0 Å². The molecule has 128 valence electrons. The van der Waals surface area contributed by atoms with Gasteiger partial charge in [-0.3, -0.25) is 4.79 Å². The number of benzene rings is 1. The number of carbonyl (C=O) groups is 1. The molecule has 0 fully saturated rings. The zero-order chi connectivity index (χ0) is 17.6. The van der Waals surface area contributed by atoms with Gasteiger partial charge in [0.05, 0.1) is 23.2 Å². The van der Waals surface area contributed by atoms with Crippen molar-refractivity contribution in [1.82, 2.24) is 0 Å². The van der Waals surface area contributed by atoms with Gasteiger partial charge in [0.2, 0.25) is 5.91 Å². The maximum Gasteiger partial charge on any atom is 0.230 e. The minimum atomic E-state index is -0.407. The monoisotopic (exact) mass is 379 g/mol. The zero-order valence-corrected chi connectivity index (χ0v) is 17.0. The molecular formula is C18H21NO2S3. The first kappa shape index (κ1) is 17.6. The number of anilines is 1. The molecule has 0 saturated carbocycles. The number of nitrogens with zero attached hydrogens (tertiary/aromatic N) is 1. The molecule has 0 N–H and O–H groups in total. The highest BCUT2D eigenvalue weighted by Crippen LogP contribution is 2.53. The fourth-order valence-electron chi connectivity index (χ4n) is 3.12. The molecule has 0 saturated heterocycles. The highest BCUT2D eigenvalue weighted by atomic mass is 32.9. The molecule has 6 heteroatoms. The van der Waals surface area contributed by atoms with Crippen molar-refractivity contribution >= 4 is 44.5 Å². The molecule has 0 radical (unpaired) electrons. The minimum Gasteiger partial charge on any atom is -0.497 e. The summed E-state index contributed by atoms with van der Waals surface area (Å²) >= 11 is 5.59. The van der Waals surface area contributed by atoms with Crippen LogP contribution in [0.25, 0.3) is 11.1 Å². The van der Waals surface area contributed by atoms with E-state index in [1.54, 1.807) is 27.8 Å². The number of carbonyl (C=O) groups excluding carboxylic acids is 1. The van der Waals surface area contributed by atoms with Crippen molar-refractivity contribution in [3.05, 3.63) is 26.9 Å². The number of rotatable bonds is 3. The molecule has 1 aromatic carbocycles. The molecule has 0 aliphatic carbocycles. The number of amides is 1. The van der Waals surface area contributed by atoms with Crippen LogP contribution in [-0.4, -0.2) is 13.0 Å². The Morgan fingerprint density at radius 1 is 1.38 bits per heavy atom. The molecule has 1 aliphatic rings. The van der Waals surface area contributed by atoms with E-state index in [0.717, 1.165) is 37.7 Å². The van der Waals surface area contributed by atoms with Gasteiger partial charge in [-0.25, -0.2) is 0 Å². The first-order valence-electron chi connectivity index (χ1n) is 7.99. The zero-order valence-electron chi connectivity index (χ0n) is 14.5. The predicted molar refractivity (Wildman–Crippen MR) is 105 cm³/mol. The molecule has 24 heavy (non-hydrogen) atoms. The van der Waals surface area contributed by atoms with Crippen molar-refractivity contribution in [1.29, 1.82) is 0 Å². The van der Waals surface area contributed by atoms with Gasteiger partial charge in [-0.2, -0.15) is 0 Å². The lowest BCUT2D eigenvalue weighted by atomic mass is 9.86. The van der Waals surface area contributed by atoms with Crippen LogP contribution < -0.4 is 9.64 Å². The SMILES string of the molecule is CCC(C)C(=O)N1c2ccc(OC)cc2-c2c(ssc2=S)C1(C)C. The van der Waals surface area contributed by atoms with Gasteiger partial charge >= 0.3 is 0 Å². The van der Waals surface area contributed by atoms with Crippen molar-refractivity contribution in [3.8, 4) is 16.9 Å². The van der Waals surface area contributed by atoms with Crippen LogP contribution in [0.3, 0.4) is 0 Å². The largest absolute Gasteiger partial charge is 0.497 e. The van der Waals surface area contributed by atoms with E-state index in [-0.39, 0.29) is 11.8 Å². The first-order valence-corrected chi connectivity index (χ1v) is 10.5. The van der Waals surface area contributed by atoms with Crippen LogP contribution in [0.5, 0.6) is 5.75 Å². The Labute approximate surface area is 155 Å². The normalized spacial score (nSPS) is 16.3. The minimum absolute atomic E-state index is 0.0209. The Hall–Kier alpha value is -1.24. The maximum atomic E-state index is 13.2. The van der Waals surface area contributed by atoms with Crippen LogP contribution in [0, 0.1) is 9.74 Å². The topological polar surface area (TPSA) is 29.5 Å². The molecule has 3 rings (SSSR count). The average Bonchev–Trinajstić information content (AvgIpc) is 2.96. The summed E-state index contributed by atoms with van der Waals surface area (Å²) < 4.78 is 6.28. The molecular weight excluding hydrogens is 358 g/mol. The van der Waals surface area contributed by atoms with Crippen LogP contribution in [-0.2, 0) is 10.3 Å². The Morgan fingerprint density at radius 2 is 2.08 bits per heavy atom. The quantitative estimate of drug-likeness (QED) is 0.495. The predicted octanol–water partition coefficient (Wildman–Crippen LogP) is 5.84. The lowest BCUT2D eigenvalue weighted by Gasteiger charge is -2.44. The average molecular weight is 380 g/mol. The standard InChI is InChI=1S/C18H21NO2S3/c1-6-10(2)16(20)19-13-8-7-11(21-5)9-12(13)14-15(18(19,3)4)23-24-17(14)22/h7-10H,6H2,1-5H3. The molecule has 0 bridgehead atoms. The molecule has 1 unspecified atom stereocenters. The van der Waals surface area contributed by atoms with E-state index in [1.165, 1.54) is 0 Å². The van der Waals surface area contributed by atoms with Crippen LogP contribution in [0.15, 0.2) is 18.2 Å². The molecule has 0 spiro atoms. The van der Waals surface area contributed by atoms with Gasteiger partial charge in [0.1, 0.15) is 9.57 Å². The maximum absolute atomic E-state index is 13.2. The first-order chi connectivity index (χ1) is 11.3. The molecule has 1 aromatic heterocycles. The van der Waals surface area contributed by atoms with E-state index in [9.17, 15) is 4.79 Å². The van der Waals surface area contributed by atoms with Crippen LogP contribution >= 0.6 is 32.9 Å². The second kappa shape index (κ2) is 6.24. The summed E-state index contributed by atoms with van der Waals surface area (Å²) in [7, 11) is 4.94. The number of ether oxygens (including phenoxy) is 1. The summed E-state index contributed by atoms with van der Waals surface area (Å²) in [6.07, 6.45) is 0.823. The Morgan fingerprint density at radius 3 is 2.71 bits per heavy atom. The van der Waals surface area contributed by atoms with Gasteiger partial charge in [-0.15, -0.1) is 0 Å². The molecule has 3 nitrogen and oxygen atoms in total. The van der Waals surface area contributed by atoms with Crippen LogP contribution in [0.4, 0.5) is 5.69 Å². The van der Waals surface area contributed by atoms with Crippen molar-refractivity contribution in [2.75, 3.05) is 12.0 Å². The summed E-state index contributed by atoms with van der Waals surface area (Å²) in [6, 6.07) is 5.89. The highest BCUT2D eigenvalue weighted by molar-refractivity contribution is 7.80. The summed E-state index contributed by atoms with van der Waals surface area (Å²) in [5, 5.41) is 0. The van der Waals surface area contributed by atoms with Gasteiger partial charge in [-0.1, -0.05) is 46.7 Å². The Kier molecular flexibility index (Phi) is 4.57. The van der Waals surface area contributed by atoms with Crippen molar-refractivity contribution in [3.63, 3.8) is 0 Å². The van der Waals surface area contributed by atoms with Gasteiger partial charge in [-0.05, 0) is 38.5 Å². The third-order valence-corrected chi connectivity index (χ3v) is 8.04. The van der Waals surface area contributed by atoms with Crippen LogP contribution in [0.2, 0.25) is 0 Å². The number of hydrogen-bond donors (Lipinski definition) is 0. The van der Waals surface area contributed by atoms with E-state index < -0.39 is 5.54 Å². The molecule has 2 aromatic rings. The molecule has 1 atom stereocenters. The van der Waals surface area contributed by atoms with Gasteiger partial charge < -0.3 is 9.64 Å². The lowest BCUT2D eigenvalue weighted by molar-refractivity contribution is -0.123. The molecule has 1 amide bonds. The van der Waals surface area contributed by atoms with Crippen molar-refractivity contribution < 1.29 is 9.53 Å². The fourth-order valence-corrected chi connectivity index (χ4v) is 6.41. The van der Waals surface area contributed by atoms with Crippen LogP contribution in [0.1, 0.15) is 39.0 Å². The molecule has 1 aliphatic heterocycles. The third kappa shape index (κ3) is 2.52. The second-order valence-electron chi connectivity index (χ2n) is 6.58. The number of methoxy groups -OCH3 is 1. The Bertz CT molecular complexity index is 850. The van der Waals surface area contributed by atoms with E-state index in [2.05, 4.69) is 20.8 Å². The Balaban J connectivity index is 2.31. The number of hydrogen-bond acceptors (Lipinski definition) is 5. The van der Waals surface area contributed by atoms with E-state index in [0.29, 0.717) is 0 Å². The lowest BCUT2D eigenvalue weighted by Crippen LogP contribution is -2.49. The highest BCUT2D eigenvalue weighted by Gasteiger charge is 2.43.